The first kappa shape index (κ1) is 9.43. The summed E-state index contributed by atoms with van der Waals surface area (Å²) in [4.78, 5) is 4.43. The van der Waals surface area contributed by atoms with Crippen LogP contribution in [-0.4, -0.2) is 9.19 Å². The molecule has 1 aromatic carbocycles. The summed E-state index contributed by atoms with van der Waals surface area (Å²) in [5.74, 6) is 0. The van der Waals surface area contributed by atoms with Gasteiger partial charge in [0.25, 0.3) is 0 Å². The van der Waals surface area contributed by atoms with E-state index in [1.54, 1.807) is 30.5 Å². The minimum atomic E-state index is -3.15. The molecule has 3 nitrogen and oxygen atoms in total. The quantitative estimate of drug-likeness (QED) is 0.761. The van der Waals surface area contributed by atoms with Crippen LogP contribution in [0.25, 0.3) is 10.9 Å². The summed E-state index contributed by atoms with van der Waals surface area (Å²) in [6.45, 7) is 0. The van der Waals surface area contributed by atoms with Crippen LogP contribution in [0.4, 0.5) is 0 Å². The van der Waals surface area contributed by atoms with Crippen molar-refractivity contribution in [3.63, 3.8) is 0 Å². The number of nitrogens with one attached hydrogen (secondary N) is 1. The van der Waals surface area contributed by atoms with E-state index in [0.29, 0.717) is 4.90 Å². The highest BCUT2D eigenvalue weighted by Crippen LogP contribution is 2.20. The van der Waals surface area contributed by atoms with E-state index in [1.807, 2.05) is 6.07 Å². The van der Waals surface area contributed by atoms with E-state index in [-0.39, 0.29) is 0 Å². The van der Waals surface area contributed by atoms with E-state index >= 15 is 0 Å². The number of benzene rings is 1. The molecular formula is C9H7ClN2OS. The van der Waals surface area contributed by atoms with Crippen molar-refractivity contribution in [2.24, 2.45) is 0 Å². The van der Waals surface area contributed by atoms with Crippen molar-refractivity contribution in [2.45, 2.75) is 4.90 Å². The normalized spacial score (nSPS) is 15.2. The Balaban J connectivity index is 2.75. The summed E-state index contributed by atoms with van der Waals surface area (Å²) in [7, 11) is 2.28. The SMILES string of the molecule is N=S(=O)(Cl)c1ccc2ncccc2c1. The van der Waals surface area contributed by atoms with Gasteiger partial charge in [-0.25, -0.2) is 8.99 Å². The first-order chi connectivity index (χ1) is 6.57. The summed E-state index contributed by atoms with van der Waals surface area (Å²) < 4.78 is 18.5. The Hall–Kier alpha value is -1.13. The molecular weight excluding hydrogens is 220 g/mol. The Bertz CT molecular complexity index is 580. The molecule has 2 aromatic rings. The van der Waals surface area contributed by atoms with Gasteiger partial charge in [-0.1, -0.05) is 6.07 Å². The number of aromatic nitrogens is 1. The van der Waals surface area contributed by atoms with Gasteiger partial charge in [-0.05, 0) is 24.3 Å². The molecule has 0 saturated carbocycles. The molecule has 0 bridgehead atoms. The second-order valence-corrected chi connectivity index (χ2v) is 5.59. The van der Waals surface area contributed by atoms with Crippen molar-refractivity contribution in [3.05, 3.63) is 36.5 Å². The van der Waals surface area contributed by atoms with Gasteiger partial charge >= 0.3 is 0 Å². The maximum absolute atomic E-state index is 11.2. The summed E-state index contributed by atoms with van der Waals surface area (Å²) in [6, 6.07) is 8.53. The lowest BCUT2D eigenvalue weighted by Crippen LogP contribution is -1.88. The smallest absolute Gasteiger partial charge is 0.156 e. The molecule has 0 spiro atoms. The molecule has 0 aliphatic heterocycles. The third kappa shape index (κ3) is 1.71. The van der Waals surface area contributed by atoms with Crippen molar-refractivity contribution in [3.8, 4) is 0 Å². The van der Waals surface area contributed by atoms with Crippen LogP contribution in [0.1, 0.15) is 0 Å². The van der Waals surface area contributed by atoms with Crippen LogP contribution < -0.4 is 0 Å². The zero-order valence-corrected chi connectivity index (χ0v) is 8.68. The zero-order chi connectivity index (χ0) is 10.2. The van der Waals surface area contributed by atoms with Gasteiger partial charge in [-0.2, -0.15) is 0 Å². The molecule has 14 heavy (non-hydrogen) atoms. The molecule has 0 radical (unpaired) electrons. The van der Waals surface area contributed by atoms with E-state index in [9.17, 15) is 4.21 Å². The lowest BCUT2D eigenvalue weighted by atomic mass is 10.2. The standard InChI is InChI=1S/C9H7ClN2OS/c10-14(11,13)8-3-4-9-7(6-8)2-1-5-12-9/h1-6,11H. The van der Waals surface area contributed by atoms with Crippen LogP contribution in [-0.2, 0) is 8.94 Å². The van der Waals surface area contributed by atoms with Gasteiger partial charge in [0.1, 0.15) is 0 Å². The van der Waals surface area contributed by atoms with Gasteiger partial charge < -0.3 is 0 Å². The predicted octanol–water partition coefficient (Wildman–Crippen LogP) is 2.79. The molecule has 72 valence electrons. The molecule has 1 N–H and O–H groups in total. The number of halogens is 1. The van der Waals surface area contributed by atoms with Crippen molar-refractivity contribution >= 4 is 30.5 Å². The molecule has 0 saturated heterocycles. The highest BCUT2D eigenvalue weighted by molar-refractivity contribution is 8.14. The largest absolute Gasteiger partial charge is 0.256 e. The van der Waals surface area contributed by atoms with Crippen molar-refractivity contribution < 1.29 is 4.21 Å². The van der Waals surface area contributed by atoms with Gasteiger partial charge in [0.2, 0.25) is 0 Å². The first-order valence-electron chi connectivity index (χ1n) is 3.90. The van der Waals surface area contributed by atoms with E-state index < -0.39 is 8.94 Å². The number of pyridine rings is 1. The molecule has 1 unspecified atom stereocenters. The molecule has 0 aliphatic carbocycles. The number of hydrogen-bond acceptors (Lipinski definition) is 3. The fourth-order valence-corrected chi connectivity index (χ4v) is 2.03. The average molecular weight is 227 g/mol. The van der Waals surface area contributed by atoms with Gasteiger partial charge in [-0.15, -0.1) is 0 Å². The highest BCUT2D eigenvalue weighted by Gasteiger charge is 2.06. The predicted molar refractivity (Wildman–Crippen MR) is 56.7 cm³/mol. The maximum atomic E-state index is 11.2. The maximum Gasteiger partial charge on any atom is 0.156 e. The monoisotopic (exact) mass is 226 g/mol. The van der Waals surface area contributed by atoms with Crippen LogP contribution in [0.3, 0.4) is 0 Å². The van der Waals surface area contributed by atoms with Crippen LogP contribution in [0.5, 0.6) is 0 Å². The Morgan fingerprint density at radius 2 is 2.14 bits per heavy atom. The number of nitrogens with zero attached hydrogens (tertiary/aromatic N) is 1. The molecule has 1 aromatic heterocycles. The lowest BCUT2D eigenvalue weighted by Gasteiger charge is -2.00. The van der Waals surface area contributed by atoms with Gasteiger partial charge in [0, 0.05) is 22.3 Å². The summed E-state index contributed by atoms with van der Waals surface area (Å²) in [5, 5.41) is 0.839. The Kier molecular flexibility index (Phi) is 2.17. The number of hydrogen-bond donors (Lipinski definition) is 1. The molecule has 1 heterocycles. The van der Waals surface area contributed by atoms with Crippen LogP contribution in [0.2, 0.25) is 0 Å². The Morgan fingerprint density at radius 1 is 1.36 bits per heavy atom. The van der Waals surface area contributed by atoms with Crippen molar-refractivity contribution in [2.75, 3.05) is 0 Å². The van der Waals surface area contributed by atoms with Crippen molar-refractivity contribution in [1.82, 2.24) is 4.98 Å². The Labute approximate surface area is 86.2 Å². The fraction of sp³-hybridized carbons (Fsp3) is 0. The van der Waals surface area contributed by atoms with Gasteiger partial charge in [0.05, 0.1) is 10.4 Å². The van der Waals surface area contributed by atoms with E-state index in [1.165, 1.54) is 0 Å². The van der Waals surface area contributed by atoms with Gasteiger partial charge in [-0.3, -0.25) is 4.98 Å². The minimum absolute atomic E-state index is 0.319. The first-order valence-corrected chi connectivity index (χ1v) is 6.29. The second kappa shape index (κ2) is 3.22. The van der Waals surface area contributed by atoms with Crippen LogP contribution in [0.15, 0.2) is 41.4 Å². The molecule has 2 rings (SSSR count). The van der Waals surface area contributed by atoms with E-state index in [4.69, 9.17) is 15.5 Å². The number of fused-ring (bicyclic) bond motifs is 1. The summed E-state index contributed by atoms with van der Waals surface area (Å²) in [5.41, 5.74) is 0.802. The molecule has 0 aliphatic rings. The molecule has 0 amide bonds. The minimum Gasteiger partial charge on any atom is -0.256 e. The summed E-state index contributed by atoms with van der Waals surface area (Å²) in [6.07, 6.45) is 1.68. The van der Waals surface area contributed by atoms with E-state index in [0.717, 1.165) is 10.9 Å². The molecule has 5 heteroatoms. The number of rotatable bonds is 1. The second-order valence-electron chi connectivity index (χ2n) is 2.84. The highest BCUT2D eigenvalue weighted by atomic mass is 35.7. The average Bonchev–Trinajstić information content (AvgIpc) is 2.16. The zero-order valence-electron chi connectivity index (χ0n) is 7.11. The van der Waals surface area contributed by atoms with E-state index in [2.05, 4.69) is 4.98 Å². The fourth-order valence-electron chi connectivity index (χ4n) is 1.22. The Morgan fingerprint density at radius 3 is 2.86 bits per heavy atom. The van der Waals surface area contributed by atoms with Crippen molar-refractivity contribution in [1.29, 1.82) is 4.78 Å². The van der Waals surface area contributed by atoms with Crippen LogP contribution in [0, 0.1) is 4.78 Å². The van der Waals surface area contributed by atoms with Gasteiger partial charge in [0.15, 0.2) is 8.94 Å². The topological polar surface area (TPSA) is 53.8 Å². The molecule has 1 atom stereocenters. The third-order valence-electron chi connectivity index (χ3n) is 1.88. The summed E-state index contributed by atoms with van der Waals surface area (Å²) >= 11 is 0. The van der Waals surface area contributed by atoms with Crippen LogP contribution >= 0.6 is 10.7 Å². The third-order valence-corrected chi connectivity index (χ3v) is 3.27. The lowest BCUT2D eigenvalue weighted by molar-refractivity contribution is 0.684. The molecule has 0 fully saturated rings.